The van der Waals surface area contributed by atoms with E-state index in [4.69, 9.17) is 15.0 Å². The predicted octanol–water partition coefficient (Wildman–Crippen LogP) is 0.405. The summed E-state index contributed by atoms with van der Waals surface area (Å²) in [5, 5.41) is 9.88. The van der Waals surface area contributed by atoms with Crippen LogP contribution in [0.5, 0.6) is 0 Å². The van der Waals surface area contributed by atoms with E-state index in [2.05, 4.69) is 25.8 Å². The summed E-state index contributed by atoms with van der Waals surface area (Å²) in [7, 11) is 1.61. The Kier molecular flexibility index (Phi) is 5.06. The van der Waals surface area contributed by atoms with Gasteiger partial charge in [-0.05, 0) is 6.92 Å². The zero-order valence-corrected chi connectivity index (χ0v) is 12.5. The lowest BCUT2D eigenvalue weighted by molar-refractivity contribution is 0.0951. The molecular formula is C11H16N6O3S. The normalized spacial score (nSPS) is 10.6. The Hall–Kier alpha value is -2.20. The molecule has 0 atom stereocenters. The van der Waals surface area contributed by atoms with Gasteiger partial charge in [-0.15, -0.1) is 0 Å². The van der Waals surface area contributed by atoms with E-state index in [-0.39, 0.29) is 18.3 Å². The van der Waals surface area contributed by atoms with Crippen molar-refractivity contribution in [1.82, 2.24) is 20.4 Å². The average molecular weight is 312 g/mol. The number of aryl methyl sites for hydroxylation is 1. The van der Waals surface area contributed by atoms with Crippen LogP contribution in [0, 0.1) is 6.92 Å². The van der Waals surface area contributed by atoms with Crippen LogP contribution in [0.2, 0.25) is 0 Å². The number of carbonyl (C=O) groups excluding carboxylic acids is 1. The zero-order valence-electron chi connectivity index (χ0n) is 11.7. The molecular weight excluding hydrogens is 296 g/mol. The average Bonchev–Trinajstić information content (AvgIpc) is 3.03. The molecule has 10 heteroatoms. The number of thiazole rings is 1. The van der Waals surface area contributed by atoms with Gasteiger partial charge in [-0.25, -0.2) is 4.98 Å². The predicted molar refractivity (Wildman–Crippen MR) is 77.1 cm³/mol. The number of nitrogens with one attached hydrogen (secondary N) is 2. The van der Waals surface area contributed by atoms with Gasteiger partial charge < -0.3 is 25.6 Å². The highest BCUT2D eigenvalue weighted by Crippen LogP contribution is 2.24. The van der Waals surface area contributed by atoms with Crippen LogP contribution in [0.4, 0.5) is 10.9 Å². The quantitative estimate of drug-likeness (QED) is 0.627. The fourth-order valence-corrected chi connectivity index (χ4v) is 2.30. The third-order valence-electron chi connectivity index (χ3n) is 2.41. The molecule has 0 aliphatic carbocycles. The van der Waals surface area contributed by atoms with Gasteiger partial charge >= 0.3 is 0 Å². The van der Waals surface area contributed by atoms with Crippen LogP contribution in [0.1, 0.15) is 21.4 Å². The van der Waals surface area contributed by atoms with E-state index in [0.29, 0.717) is 34.9 Å². The highest BCUT2D eigenvalue weighted by Gasteiger charge is 2.16. The molecule has 0 bridgehead atoms. The minimum atomic E-state index is -0.333. The van der Waals surface area contributed by atoms with E-state index in [1.807, 2.05) is 0 Å². The number of nitrogens with zero attached hydrogens (tertiary/aromatic N) is 3. The number of carbonyl (C=O) groups is 1. The Morgan fingerprint density at radius 2 is 2.29 bits per heavy atom. The van der Waals surface area contributed by atoms with Crippen LogP contribution in [0.25, 0.3) is 0 Å². The molecule has 2 aromatic rings. The summed E-state index contributed by atoms with van der Waals surface area (Å²) in [6.07, 6.45) is 0. The first-order chi connectivity index (χ1) is 10.1. The van der Waals surface area contributed by atoms with E-state index >= 15 is 0 Å². The second-order valence-corrected chi connectivity index (χ2v) is 5.07. The molecule has 2 rings (SSSR count). The fraction of sp³-hybridized carbons (Fsp3) is 0.455. The molecule has 0 aromatic carbocycles. The second-order valence-electron chi connectivity index (χ2n) is 4.07. The summed E-state index contributed by atoms with van der Waals surface area (Å²) >= 11 is 1.18. The molecule has 0 spiro atoms. The molecule has 0 unspecified atom stereocenters. The van der Waals surface area contributed by atoms with Crippen LogP contribution in [0.3, 0.4) is 0 Å². The molecule has 0 fully saturated rings. The lowest BCUT2D eigenvalue weighted by atomic mass is 10.4. The van der Waals surface area contributed by atoms with Crippen molar-refractivity contribution in [1.29, 1.82) is 0 Å². The number of amides is 1. The lowest BCUT2D eigenvalue weighted by Gasteiger charge is -2.00. The number of nitrogens with two attached hydrogens (primary N) is 1. The maximum Gasteiger partial charge on any atom is 0.265 e. The summed E-state index contributed by atoms with van der Waals surface area (Å²) in [5.74, 6) is 0.698. The van der Waals surface area contributed by atoms with Gasteiger partial charge in [-0.2, -0.15) is 4.98 Å². The highest BCUT2D eigenvalue weighted by atomic mass is 32.1. The molecule has 0 aliphatic heterocycles. The van der Waals surface area contributed by atoms with E-state index in [1.54, 1.807) is 14.0 Å². The fourth-order valence-electron chi connectivity index (χ4n) is 1.48. The van der Waals surface area contributed by atoms with Crippen LogP contribution >= 0.6 is 11.3 Å². The molecule has 114 valence electrons. The number of ether oxygens (including phenoxy) is 1. The first-order valence-electron chi connectivity index (χ1n) is 6.16. The number of rotatable bonds is 7. The maximum absolute atomic E-state index is 12.0. The summed E-state index contributed by atoms with van der Waals surface area (Å²) in [4.78, 5) is 20.4. The molecule has 0 radical (unpaired) electrons. The van der Waals surface area contributed by atoms with Gasteiger partial charge in [-0.3, -0.25) is 4.79 Å². The maximum atomic E-state index is 12.0. The Labute approximate surface area is 124 Å². The van der Waals surface area contributed by atoms with Crippen LogP contribution in [-0.2, 0) is 11.3 Å². The van der Waals surface area contributed by atoms with Crippen molar-refractivity contribution in [3.8, 4) is 0 Å². The van der Waals surface area contributed by atoms with Gasteiger partial charge in [0.2, 0.25) is 5.89 Å². The van der Waals surface area contributed by atoms with Crippen molar-refractivity contribution in [3.05, 3.63) is 16.6 Å². The number of anilines is 2. The minimum Gasteiger partial charge on any atom is -0.383 e. The number of nitrogen functional groups attached to an aromatic ring is 1. The first kappa shape index (κ1) is 15.2. The largest absolute Gasteiger partial charge is 0.383 e. The Bertz CT molecular complexity index is 611. The molecule has 1 amide bonds. The Morgan fingerprint density at radius 1 is 1.48 bits per heavy atom. The van der Waals surface area contributed by atoms with Crippen molar-refractivity contribution >= 4 is 28.2 Å². The third kappa shape index (κ3) is 4.13. The number of hydrogen-bond donors (Lipinski definition) is 3. The van der Waals surface area contributed by atoms with Crippen LogP contribution in [0.15, 0.2) is 4.52 Å². The summed E-state index contributed by atoms with van der Waals surface area (Å²) in [6, 6.07) is 0. The van der Waals surface area contributed by atoms with Crippen molar-refractivity contribution in [2.75, 3.05) is 31.3 Å². The molecule has 4 N–H and O–H groups in total. The summed E-state index contributed by atoms with van der Waals surface area (Å²) in [5.41, 5.74) is 5.74. The van der Waals surface area contributed by atoms with Crippen molar-refractivity contribution in [3.63, 3.8) is 0 Å². The Balaban J connectivity index is 1.92. The van der Waals surface area contributed by atoms with E-state index in [0.717, 1.165) is 0 Å². The summed E-state index contributed by atoms with van der Waals surface area (Å²) in [6.45, 7) is 2.97. The van der Waals surface area contributed by atoms with Crippen LogP contribution in [-0.4, -0.2) is 41.3 Å². The monoisotopic (exact) mass is 312 g/mol. The van der Waals surface area contributed by atoms with Gasteiger partial charge in [0.1, 0.15) is 10.7 Å². The molecule has 2 heterocycles. The third-order valence-corrected chi connectivity index (χ3v) is 3.44. The summed E-state index contributed by atoms with van der Waals surface area (Å²) < 4.78 is 9.82. The molecule has 0 aliphatic rings. The molecule has 0 saturated carbocycles. The second kappa shape index (κ2) is 6.99. The zero-order chi connectivity index (χ0) is 15.2. The SMILES string of the molecule is COCCNc1nc(N)c(C(=O)NCc2nc(C)no2)s1. The number of methoxy groups -OCH3 is 1. The van der Waals surface area contributed by atoms with Gasteiger partial charge in [0.25, 0.3) is 5.91 Å². The topological polar surface area (TPSA) is 128 Å². The van der Waals surface area contributed by atoms with Crippen LogP contribution < -0.4 is 16.4 Å². The highest BCUT2D eigenvalue weighted by molar-refractivity contribution is 7.18. The van der Waals surface area contributed by atoms with Gasteiger partial charge in [-0.1, -0.05) is 16.5 Å². The molecule has 9 nitrogen and oxygen atoms in total. The smallest absolute Gasteiger partial charge is 0.265 e. The van der Waals surface area contributed by atoms with Crippen molar-refractivity contribution in [2.45, 2.75) is 13.5 Å². The first-order valence-corrected chi connectivity index (χ1v) is 6.98. The van der Waals surface area contributed by atoms with Crippen molar-refractivity contribution in [2.24, 2.45) is 0 Å². The van der Waals surface area contributed by atoms with E-state index in [9.17, 15) is 4.79 Å². The van der Waals surface area contributed by atoms with Gasteiger partial charge in [0.15, 0.2) is 11.0 Å². The van der Waals surface area contributed by atoms with E-state index < -0.39 is 0 Å². The molecule has 0 saturated heterocycles. The molecule has 21 heavy (non-hydrogen) atoms. The van der Waals surface area contributed by atoms with E-state index in [1.165, 1.54) is 11.3 Å². The lowest BCUT2D eigenvalue weighted by Crippen LogP contribution is -2.22. The minimum absolute atomic E-state index is 0.142. The Morgan fingerprint density at radius 3 is 2.95 bits per heavy atom. The van der Waals surface area contributed by atoms with Gasteiger partial charge in [0, 0.05) is 13.7 Å². The standard InChI is InChI=1S/C11H16N6O3S/c1-6-15-7(20-17-6)5-14-10(18)8-9(12)16-11(21-8)13-3-4-19-2/h3-5,12H2,1-2H3,(H,13,16)(H,14,18). The molecule has 2 aromatic heterocycles. The van der Waals surface area contributed by atoms with Gasteiger partial charge in [0.05, 0.1) is 13.2 Å². The van der Waals surface area contributed by atoms with Crippen molar-refractivity contribution < 1.29 is 14.1 Å². The number of hydrogen-bond acceptors (Lipinski definition) is 9. The number of aromatic nitrogens is 3.